The molecule has 4 N–H and O–H groups in total. The highest BCUT2D eigenvalue weighted by molar-refractivity contribution is 5.72. The van der Waals surface area contributed by atoms with Crippen molar-refractivity contribution in [2.75, 3.05) is 26.4 Å². The highest BCUT2D eigenvalue weighted by atomic mass is 16.6. The Morgan fingerprint density at radius 2 is 0.612 bits per heavy atom. The third kappa shape index (κ3) is 20.3. The van der Waals surface area contributed by atoms with Crippen LogP contribution in [0, 0.1) is 38.9 Å². The quantitative estimate of drug-likeness (QED) is 0.0727. The van der Waals surface area contributed by atoms with Crippen LogP contribution in [0.25, 0.3) is 0 Å². The lowest BCUT2D eigenvalue weighted by atomic mass is 9.68. The lowest BCUT2D eigenvalue weighted by molar-refractivity contribution is -0.170. The van der Waals surface area contributed by atoms with E-state index in [2.05, 4.69) is 83.1 Å². The van der Waals surface area contributed by atoms with E-state index >= 15 is 0 Å². The van der Waals surface area contributed by atoms with Gasteiger partial charge in [0.05, 0.1) is 11.5 Å². The maximum Gasteiger partial charge on any atom is 0.306 e. The monoisotopic (exact) mass is 1180 g/mol. The number of carbonyl (C=O) groups excluding carboxylic acids is 4. The standard InChI is InChI=1S/C73H112O12/c1-65(2,3)49-33-45(34-50(61(49)78)66(4,5)6)25-29-57(74)82-41-73(42-83-58(75)30-26-46-35-51(67(7,8)9)62(79)52(36-46)68(10,11)12,43-84-59(76)31-27-47-37-53(69(13,14)15)63(80)54(38-47)70(16,17)18)44-85-60(77)32-28-48-39-55(71(19,20)21)64(81)56(40-48)72(22,23)24/h33-37,39,54,56,78-81H,25-32,38,40-44H2,1-24H3. The molecule has 12 nitrogen and oxygen atoms in total. The Bertz CT molecular complexity index is 2600. The smallest absolute Gasteiger partial charge is 0.306 e. The number of benzene rings is 2. The molecule has 0 heterocycles. The number of aliphatic hydroxyl groups excluding tert-OH is 2. The number of aliphatic hydroxyl groups is 2. The van der Waals surface area contributed by atoms with E-state index in [0.717, 1.165) is 55.7 Å². The SMILES string of the molecule is CC(C)(C)C1=C(O)C(C(C)(C)C)CC(CCC(=O)OCC(COC(=O)CCC2=CC(C(C)(C)C)=C(O)C(C(C)(C)C)C2)(COC(=O)CCc2cc(C(C)(C)C)c(O)c(C(C)(C)C)c2)COC(=O)CCc2cc(C(C)(C)C)c(O)c(C(C)(C)C)c2)=C1. The molecule has 2 unspecified atom stereocenters. The van der Waals surface area contributed by atoms with Crippen LogP contribution in [-0.4, -0.2) is 70.7 Å². The van der Waals surface area contributed by atoms with E-state index in [-0.39, 0.29) is 83.5 Å². The lowest BCUT2D eigenvalue weighted by Crippen LogP contribution is -2.44. The molecule has 2 aromatic carbocycles. The van der Waals surface area contributed by atoms with E-state index in [4.69, 9.17) is 18.9 Å². The Balaban J connectivity index is 1.74. The minimum atomic E-state index is -1.56. The average Bonchev–Trinajstić information content (AvgIpc) is 1.95. The molecular formula is C73H112O12. The molecule has 476 valence electrons. The molecule has 0 bridgehead atoms. The summed E-state index contributed by atoms with van der Waals surface area (Å²) in [5.41, 5.74) is 4.04. The molecule has 0 saturated heterocycles. The number of rotatable bonds is 20. The minimum absolute atomic E-state index is 0.0129. The van der Waals surface area contributed by atoms with Crippen molar-refractivity contribution in [1.82, 2.24) is 0 Å². The van der Waals surface area contributed by atoms with Crippen molar-refractivity contribution >= 4 is 23.9 Å². The maximum absolute atomic E-state index is 14.1. The largest absolute Gasteiger partial charge is 0.512 e. The average molecular weight is 1180 g/mol. The van der Waals surface area contributed by atoms with Gasteiger partial charge in [0.2, 0.25) is 0 Å². The first-order valence-electron chi connectivity index (χ1n) is 31.1. The summed E-state index contributed by atoms with van der Waals surface area (Å²) in [6.45, 7) is 47.5. The fraction of sp³-hybridized carbons (Fsp3) is 0.671. The number of phenols is 2. The molecule has 2 atom stereocenters. The van der Waals surface area contributed by atoms with Crippen molar-refractivity contribution in [1.29, 1.82) is 0 Å². The van der Waals surface area contributed by atoms with Crippen LogP contribution in [-0.2, 0) is 72.6 Å². The number of hydrogen-bond acceptors (Lipinski definition) is 12. The van der Waals surface area contributed by atoms with E-state index in [1.165, 1.54) is 0 Å². The zero-order valence-corrected chi connectivity index (χ0v) is 57.1. The molecular weight excluding hydrogens is 1070 g/mol. The first-order chi connectivity index (χ1) is 38.4. The molecule has 0 amide bonds. The summed E-state index contributed by atoms with van der Waals surface area (Å²) in [4.78, 5) is 56.5. The third-order valence-electron chi connectivity index (χ3n) is 16.8. The van der Waals surface area contributed by atoms with Gasteiger partial charge in [0.25, 0.3) is 0 Å². The van der Waals surface area contributed by atoms with E-state index < -0.39 is 77.4 Å². The number of aryl methyl sites for hydroxylation is 2. The van der Waals surface area contributed by atoms with Gasteiger partial charge >= 0.3 is 23.9 Å². The Morgan fingerprint density at radius 3 is 0.824 bits per heavy atom. The molecule has 0 fully saturated rings. The maximum atomic E-state index is 14.1. The van der Waals surface area contributed by atoms with Crippen LogP contribution in [0.4, 0.5) is 0 Å². The molecule has 0 aliphatic heterocycles. The van der Waals surface area contributed by atoms with Gasteiger partial charge in [-0.25, -0.2) is 0 Å². The topological polar surface area (TPSA) is 186 Å². The summed E-state index contributed by atoms with van der Waals surface area (Å²) in [5.74, 6) is -1.42. The van der Waals surface area contributed by atoms with Crippen LogP contribution in [0.15, 0.2) is 70.2 Å². The van der Waals surface area contributed by atoms with Gasteiger partial charge in [-0.1, -0.05) is 214 Å². The van der Waals surface area contributed by atoms with Gasteiger partial charge in [-0.05, 0) is 126 Å². The molecule has 0 radical (unpaired) electrons. The second-order valence-corrected chi connectivity index (χ2v) is 33.2. The van der Waals surface area contributed by atoms with Crippen LogP contribution < -0.4 is 0 Å². The molecule has 2 aliphatic rings. The van der Waals surface area contributed by atoms with E-state index in [9.17, 15) is 39.6 Å². The first kappa shape index (κ1) is 72.0. The minimum Gasteiger partial charge on any atom is -0.512 e. The fourth-order valence-corrected chi connectivity index (χ4v) is 11.2. The van der Waals surface area contributed by atoms with Gasteiger partial charge in [0, 0.05) is 37.5 Å². The Hall–Kier alpha value is -5.52. The summed E-state index contributed by atoms with van der Waals surface area (Å²) in [6.07, 6.45) is 6.29. The van der Waals surface area contributed by atoms with Gasteiger partial charge in [0.1, 0.15) is 43.3 Å². The Morgan fingerprint density at radius 1 is 0.376 bits per heavy atom. The first-order valence-corrected chi connectivity index (χ1v) is 31.1. The molecule has 2 aromatic rings. The van der Waals surface area contributed by atoms with Gasteiger partial charge in [0.15, 0.2) is 0 Å². The third-order valence-corrected chi connectivity index (χ3v) is 16.8. The Labute approximate surface area is 512 Å². The summed E-state index contributed by atoms with van der Waals surface area (Å²) >= 11 is 0. The van der Waals surface area contributed by atoms with E-state index in [0.29, 0.717) is 37.2 Å². The summed E-state index contributed by atoms with van der Waals surface area (Å²) in [6, 6.07) is 7.71. The second-order valence-electron chi connectivity index (χ2n) is 33.2. The van der Waals surface area contributed by atoms with E-state index in [1.807, 2.05) is 120 Å². The normalized spacial score (nSPS) is 17.1. The Kier molecular flexibility index (Phi) is 22.7. The number of allylic oxidation sites excluding steroid dienone is 8. The predicted molar refractivity (Wildman–Crippen MR) is 342 cm³/mol. The zero-order valence-electron chi connectivity index (χ0n) is 57.1. The molecule has 12 heteroatoms. The lowest BCUT2D eigenvalue weighted by Gasteiger charge is -2.37. The number of esters is 4. The molecule has 0 spiro atoms. The molecule has 0 aromatic heterocycles. The van der Waals surface area contributed by atoms with Gasteiger partial charge < -0.3 is 39.4 Å². The number of ether oxygens (including phenoxy) is 4. The number of phenolic OH excluding ortho intramolecular Hbond substituents is 2. The van der Waals surface area contributed by atoms with Crippen molar-refractivity contribution in [3.05, 3.63) is 104 Å². The van der Waals surface area contributed by atoms with Crippen molar-refractivity contribution in [3.8, 4) is 11.5 Å². The van der Waals surface area contributed by atoms with Crippen LogP contribution in [0.1, 0.15) is 251 Å². The van der Waals surface area contributed by atoms with Crippen LogP contribution >= 0.6 is 0 Å². The molecule has 0 saturated carbocycles. The van der Waals surface area contributed by atoms with Gasteiger partial charge in [-0.15, -0.1) is 0 Å². The van der Waals surface area contributed by atoms with Gasteiger partial charge in [-0.2, -0.15) is 0 Å². The molecule has 85 heavy (non-hydrogen) atoms. The van der Waals surface area contributed by atoms with Crippen LogP contribution in [0.5, 0.6) is 11.5 Å². The van der Waals surface area contributed by atoms with Crippen LogP contribution in [0.2, 0.25) is 0 Å². The van der Waals surface area contributed by atoms with Crippen LogP contribution in [0.3, 0.4) is 0 Å². The summed E-state index contributed by atoms with van der Waals surface area (Å²) in [5, 5.41) is 45.8. The van der Waals surface area contributed by atoms with Crippen molar-refractivity contribution in [2.24, 2.45) is 38.9 Å². The number of aromatic hydroxyl groups is 2. The number of carbonyl (C=O) groups is 4. The van der Waals surface area contributed by atoms with Gasteiger partial charge in [-0.3, -0.25) is 19.2 Å². The van der Waals surface area contributed by atoms with Crippen molar-refractivity contribution in [2.45, 2.75) is 252 Å². The summed E-state index contributed by atoms with van der Waals surface area (Å²) < 4.78 is 24.5. The fourth-order valence-electron chi connectivity index (χ4n) is 11.2. The summed E-state index contributed by atoms with van der Waals surface area (Å²) in [7, 11) is 0. The highest BCUT2D eigenvalue weighted by Gasteiger charge is 2.41. The second kappa shape index (κ2) is 26.8. The predicted octanol–water partition coefficient (Wildman–Crippen LogP) is 17.3. The van der Waals surface area contributed by atoms with E-state index in [1.54, 1.807) is 0 Å². The van der Waals surface area contributed by atoms with Crippen molar-refractivity contribution in [3.63, 3.8) is 0 Å². The zero-order chi connectivity index (χ0) is 65.0. The molecule has 2 aliphatic carbocycles. The highest BCUT2D eigenvalue weighted by Crippen LogP contribution is 2.48. The number of hydrogen-bond donors (Lipinski definition) is 4. The molecule has 4 rings (SSSR count). The van der Waals surface area contributed by atoms with Crippen molar-refractivity contribution < 1.29 is 58.6 Å².